The van der Waals surface area contributed by atoms with Crippen molar-refractivity contribution < 1.29 is 14.3 Å². The van der Waals surface area contributed by atoms with Gasteiger partial charge in [-0.05, 0) is 12.8 Å². The van der Waals surface area contributed by atoms with Crippen molar-refractivity contribution in [2.45, 2.75) is 26.9 Å². The fraction of sp³-hybridized carbons (Fsp3) is 0.857. The molecule has 0 N–H and O–H groups in total. The second-order valence-electron chi connectivity index (χ2n) is 2.52. The summed E-state index contributed by atoms with van der Waals surface area (Å²) in [4.78, 5) is 10.5. The molecule has 0 aliphatic carbocycles. The molecule has 0 rings (SSSR count). The second-order valence-corrected chi connectivity index (χ2v) is 2.52. The zero-order valence-electron chi connectivity index (χ0n) is 6.88. The summed E-state index contributed by atoms with van der Waals surface area (Å²) >= 11 is 0. The molecule has 0 amide bonds. The maximum atomic E-state index is 10.5. The largest absolute Gasteiger partial charge is 0.508 e. The van der Waals surface area contributed by atoms with E-state index in [9.17, 15) is 4.79 Å². The highest BCUT2D eigenvalue weighted by molar-refractivity contribution is 5.59. The summed E-state index contributed by atoms with van der Waals surface area (Å²) in [6.07, 6.45) is -0.686. The van der Waals surface area contributed by atoms with Crippen molar-refractivity contribution in [2.24, 2.45) is 5.92 Å². The Morgan fingerprint density at radius 1 is 1.30 bits per heavy atom. The molecule has 1 unspecified atom stereocenters. The summed E-state index contributed by atoms with van der Waals surface area (Å²) in [5, 5.41) is 0. The van der Waals surface area contributed by atoms with Crippen LogP contribution < -0.4 is 0 Å². The molecule has 0 aliphatic heterocycles. The molecular weight excluding hydrogens is 132 g/mol. The van der Waals surface area contributed by atoms with Crippen LogP contribution in [-0.4, -0.2) is 19.4 Å². The van der Waals surface area contributed by atoms with Crippen molar-refractivity contribution in [3.63, 3.8) is 0 Å². The van der Waals surface area contributed by atoms with Crippen molar-refractivity contribution in [1.82, 2.24) is 0 Å². The third-order valence-electron chi connectivity index (χ3n) is 1.39. The van der Waals surface area contributed by atoms with Gasteiger partial charge in [0.2, 0.25) is 0 Å². The monoisotopic (exact) mass is 146 g/mol. The summed E-state index contributed by atoms with van der Waals surface area (Å²) in [6, 6.07) is 0. The number of carbonyl (C=O) groups is 1. The predicted molar refractivity (Wildman–Crippen MR) is 37.8 cm³/mol. The van der Waals surface area contributed by atoms with Gasteiger partial charge in [0, 0.05) is 0 Å². The Morgan fingerprint density at radius 3 is 2.10 bits per heavy atom. The van der Waals surface area contributed by atoms with Gasteiger partial charge in [-0.15, -0.1) is 0 Å². The molecule has 10 heavy (non-hydrogen) atoms. The summed E-state index contributed by atoms with van der Waals surface area (Å²) < 4.78 is 9.11. The number of ether oxygens (including phenoxy) is 2. The highest BCUT2D eigenvalue weighted by Gasteiger charge is 2.11. The minimum atomic E-state index is -0.610. The fourth-order valence-electron chi connectivity index (χ4n) is 0.336. The summed E-state index contributed by atoms with van der Waals surface area (Å²) in [6.45, 7) is 5.79. The zero-order chi connectivity index (χ0) is 8.15. The number of carbonyl (C=O) groups excluding carboxylic acids is 1. The van der Waals surface area contributed by atoms with Gasteiger partial charge in [0.05, 0.1) is 7.11 Å². The van der Waals surface area contributed by atoms with Crippen molar-refractivity contribution >= 4 is 6.16 Å². The Hall–Kier alpha value is -0.730. The lowest BCUT2D eigenvalue weighted by molar-refractivity contribution is 0.0271. The molecule has 0 spiro atoms. The lowest BCUT2D eigenvalue weighted by Gasteiger charge is -2.14. The van der Waals surface area contributed by atoms with Crippen LogP contribution in [0.2, 0.25) is 0 Å². The minimum Gasteiger partial charge on any atom is -0.438 e. The van der Waals surface area contributed by atoms with Crippen molar-refractivity contribution in [3.05, 3.63) is 0 Å². The first kappa shape index (κ1) is 9.27. The summed E-state index contributed by atoms with van der Waals surface area (Å²) in [5.74, 6) is 0.332. The van der Waals surface area contributed by atoms with Gasteiger partial charge < -0.3 is 9.47 Å². The Bertz CT molecular complexity index is 109. The molecule has 0 heterocycles. The van der Waals surface area contributed by atoms with E-state index in [1.54, 1.807) is 0 Å². The molecule has 3 heteroatoms. The average molecular weight is 146 g/mol. The van der Waals surface area contributed by atoms with Gasteiger partial charge >= 0.3 is 6.16 Å². The highest BCUT2D eigenvalue weighted by atomic mass is 16.7. The van der Waals surface area contributed by atoms with Crippen molar-refractivity contribution in [1.29, 1.82) is 0 Å². The topological polar surface area (TPSA) is 35.5 Å². The van der Waals surface area contributed by atoms with Crippen LogP contribution in [0.15, 0.2) is 0 Å². The van der Waals surface area contributed by atoms with Crippen LogP contribution in [-0.2, 0) is 9.47 Å². The van der Waals surface area contributed by atoms with Crippen LogP contribution >= 0.6 is 0 Å². The van der Waals surface area contributed by atoms with Crippen LogP contribution in [0.25, 0.3) is 0 Å². The zero-order valence-corrected chi connectivity index (χ0v) is 6.88. The van der Waals surface area contributed by atoms with E-state index in [2.05, 4.69) is 4.74 Å². The van der Waals surface area contributed by atoms with E-state index in [0.717, 1.165) is 0 Å². The standard InChI is InChI=1S/C7H14O3/c1-5(2)6(3)10-7(8)9-4/h5-6H,1-4H3. The van der Waals surface area contributed by atoms with Gasteiger partial charge in [-0.2, -0.15) is 0 Å². The Morgan fingerprint density at radius 2 is 1.80 bits per heavy atom. The first-order valence-electron chi connectivity index (χ1n) is 3.32. The van der Waals surface area contributed by atoms with Crippen molar-refractivity contribution in [3.8, 4) is 0 Å². The third-order valence-corrected chi connectivity index (χ3v) is 1.39. The molecule has 3 nitrogen and oxygen atoms in total. The number of rotatable bonds is 2. The van der Waals surface area contributed by atoms with Crippen molar-refractivity contribution in [2.75, 3.05) is 7.11 Å². The van der Waals surface area contributed by atoms with Gasteiger partial charge in [-0.25, -0.2) is 4.79 Å². The van der Waals surface area contributed by atoms with E-state index in [0.29, 0.717) is 5.92 Å². The van der Waals surface area contributed by atoms with E-state index in [-0.39, 0.29) is 6.10 Å². The minimum absolute atomic E-state index is 0.0764. The van der Waals surface area contributed by atoms with Crippen LogP contribution in [0.5, 0.6) is 0 Å². The first-order chi connectivity index (χ1) is 4.57. The Kier molecular flexibility index (Phi) is 3.84. The Balaban J connectivity index is 3.57. The normalized spacial score (nSPS) is 12.9. The number of methoxy groups -OCH3 is 1. The molecule has 0 saturated carbocycles. The van der Waals surface area contributed by atoms with E-state index < -0.39 is 6.16 Å². The van der Waals surface area contributed by atoms with E-state index in [4.69, 9.17) is 4.74 Å². The fourth-order valence-corrected chi connectivity index (χ4v) is 0.336. The molecular formula is C7H14O3. The maximum absolute atomic E-state index is 10.5. The van der Waals surface area contributed by atoms with E-state index in [1.807, 2.05) is 20.8 Å². The SMILES string of the molecule is COC(=O)OC(C)C(C)C. The predicted octanol–water partition coefficient (Wildman–Crippen LogP) is 1.81. The molecule has 0 radical (unpaired) electrons. The van der Waals surface area contributed by atoms with Crippen LogP contribution in [0, 0.1) is 5.92 Å². The maximum Gasteiger partial charge on any atom is 0.508 e. The highest BCUT2D eigenvalue weighted by Crippen LogP contribution is 2.05. The molecule has 0 bridgehead atoms. The van der Waals surface area contributed by atoms with E-state index in [1.165, 1.54) is 7.11 Å². The molecule has 1 atom stereocenters. The van der Waals surface area contributed by atoms with E-state index >= 15 is 0 Å². The molecule has 0 aromatic rings. The van der Waals surface area contributed by atoms with Gasteiger partial charge in [-0.3, -0.25) is 0 Å². The molecule has 60 valence electrons. The Labute approximate surface area is 61.3 Å². The second kappa shape index (κ2) is 4.14. The molecule has 0 fully saturated rings. The van der Waals surface area contributed by atoms with Gasteiger partial charge in [0.25, 0.3) is 0 Å². The van der Waals surface area contributed by atoms with Crippen LogP contribution in [0.1, 0.15) is 20.8 Å². The lowest BCUT2D eigenvalue weighted by Crippen LogP contribution is -2.19. The van der Waals surface area contributed by atoms with Gasteiger partial charge in [0.1, 0.15) is 6.10 Å². The number of hydrogen-bond donors (Lipinski definition) is 0. The molecule has 0 aliphatic rings. The first-order valence-corrected chi connectivity index (χ1v) is 3.32. The van der Waals surface area contributed by atoms with Gasteiger partial charge in [-0.1, -0.05) is 13.8 Å². The summed E-state index contributed by atoms with van der Waals surface area (Å²) in [7, 11) is 1.30. The molecule has 0 saturated heterocycles. The number of hydrogen-bond acceptors (Lipinski definition) is 3. The van der Waals surface area contributed by atoms with Crippen LogP contribution in [0.4, 0.5) is 4.79 Å². The quantitative estimate of drug-likeness (QED) is 0.557. The smallest absolute Gasteiger partial charge is 0.438 e. The summed E-state index contributed by atoms with van der Waals surface area (Å²) in [5.41, 5.74) is 0. The average Bonchev–Trinajstić information content (AvgIpc) is 1.87. The molecule has 0 aromatic carbocycles. The molecule has 0 aromatic heterocycles. The van der Waals surface area contributed by atoms with Crippen LogP contribution in [0.3, 0.4) is 0 Å². The lowest BCUT2D eigenvalue weighted by atomic mass is 10.1. The third kappa shape index (κ3) is 3.33. The van der Waals surface area contributed by atoms with Gasteiger partial charge in [0.15, 0.2) is 0 Å².